The number of hydrogen-bond acceptors (Lipinski definition) is 5. The molecular weight excluding hydrogens is 456 g/mol. The first-order valence-electron chi connectivity index (χ1n) is 12.2. The molecule has 4 rings (SSSR count). The van der Waals surface area contributed by atoms with Crippen molar-refractivity contribution in [1.29, 1.82) is 0 Å². The summed E-state index contributed by atoms with van der Waals surface area (Å²) >= 11 is 0. The molecule has 2 atom stereocenters. The quantitative estimate of drug-likeness (QED) is 0.439. The summed E-state index contributed by atoms with van der Waals surface area (Å²) < 4.78 is 16.7. The summed E-state index contributed by atoms with van der Waals surface area (Å²) in [4.78, 5) is 28.8. The zero-order valence-corrected chi connectivity index (χ0v) is 20.5. The molecule has 0 unspecified atom stereocenters. The van der Waals surface area contributed by atoms with Crippen LogP contribution in [0.5, 0.6) is 11.5 Å². The number of methoxy groups -OCH3 is 1. The molecule has 36 heavy (non-hydrogen) atoms. The van der Waals surface area contributed by atoms with Crippen LogP contribution in [-0.2, 0) is 20.9 Å². The van der Waals surface area contributed by atoms with Crippen molar-refractivity contribution in [2.75, 3.05) is 26.9 Å². The van der Waals surface area contributed by atoms with E-state index in [-0.39, 0.29) is 31.1 Å². The predicted octanol–water partition coefficient (Wildman–Crippen LogP) is 4.14. The van der Waals surface area contributed by atoms with Gasteiger partial charge in [-0.3, -0.25) is 9.59 Å². The Morgan fingerprint density at radius 1 is 0.972 bits per heavy atom. The largest absolute Gasteiger partial charge is 0.497 e. The molecule has 0 radical (unpaired) electrons. The van der Waals surface area contributed by atoms with Gasteiger partial charge in [-0.05, 0) is 48.2 Å². The molecule has 188 valence electrons. The summed E-state index contributed by atoms with van der Waals surface area (Å²) in [5.74, 6) is 0.765. The molecule has 0 aromatic heterocycles. The fourth-order valence-corrected chi connectivity index (χ4v) is 4.22. The van der Waals surface area contributed by atoms with Crippen molar-refractivity contribution in [1.82, 2.24) is 10.2 Å². The van der Waals surface area contributed by atoms with Crippen LogP contribution in [0.25, 0.3) is 0 Å². The Bertz CT molecular complexity index is 1100. The predicted molar refractivity (Wildman–Crippen MR) is 137 cm³/mol. The van der Waals surface area contributed by atoms with Crippen molar-refractivity contribution in [3.63, 3.8) is 0 Å². The Morgan fingerprint density at radius 2 is 1.67 bits per heavy atom. The minimum Gasteiger partial charge on any atom is -0.497 e. The van der Waals surface area contributed by atoms with Crippen LogP contribution < -0.4 is 14.8 Å². The maximum atomic E-state index is 13.6. The monoisotopic (exact) mass is 488 g/mol. The van der Waals surface area contributed by atoms with Crippen molar-refractivity contribution in [3.8, 4) is 11.5 Å². The molecule has 1 fully saturated rings. The molecule has 1 heterocycles. The summed E-state index contributed by atoms with van der Waals surface area (Å²) in [6, 6.07) is 25.2. The highest BCUT2D eigenvalue weighted by atomic mass is 16.5. The Morgan fingerprint density at radius 3 is 2.31 bits per heavy atom. The average Bonchev–Trinajstić information content (AvgIpc) is 3.45. The molecule has 7 nitrogen and oxygen atoms in total. The summed E-state index contributed by atoms with van der Waals surface area (Å²) in [6.45, 7) is 1.16. The summed E-state index contributed by atoms with van der Waals surface area (Å²) in [6.07, 6.45) is 1.90. The first kappa shape index (κ1) is 25.3. The van der Waals surface area contributed by atoms with E-state index >= 15 is 0 Å². The fourth-order valence-electron chi connectivity index (χ4n) is 4.22. The van der Waals surface area contributed by atoms with Gasteiger partial charge in [0.05, 0.1) is 13.2 Å². The maximum Gasteiger partial charge on any atom is 0.261 e. The van der Waals surface area contributed by atoms with Crippen molar-refractivity contribution in [2.24, 2.45) is 0 Å². The van der Waals surface area contributed by atoms with Crippen LogP contribution >= 0.6 is 0 Å². The first-order valence-corrected chi connectivity index (χ1v) is 12.2. The summed E-state index contributed by atoms with van der Waals surface area (Å²) in [7, 11) is 1.61. The topological polar surface area (TPSA) is 77.1 Å². The van der Waals surface area contributed by atoms with Crippen molar-refractivity contribution >= 4 is 11.8 Å². The van der Waals surface area contributed by atoms with Crippen LogP contribution in [0.3, 0.4) is 0 Å². The van der Waals surface area contributed by atoms with Crippen LogP contribution in [0.15, 0.2) is 84.9 Å². The number of nitrogens with one attached hydrogen (secondary N) is 1. The molecule has 7 heteroatoms. The number of carbonyl (C=O) groups is 2. The molecule has 1 aliphatic heterocycles. The van der Waals surface area contributed by atoms with Gasteiger partial charge in [0.25, 0.3) is 5.91 Å². The average molecular weight is 489 g/mol. The van der Waals surface area contributed by atoms with Gasteiger partial charge < -0.3 is 24.4 Å². The minimum atomic E-state index is -0.832. The molecule has 0 aliphatic carbocycles. The standard InChI is InChI=1S/C29H32N2O5/c1-34-24-16-14-22(15-17-24)20-31(27(32)21-36-25-11-6-3-7-12-25)28(23-9-4-2-5-10-23)29(33)30-19-26-13-8-18-35-26/h2-7,9-12,14-17,26,28H,8,13,18-21H2,1H3,(H,30,33)/t26-,28-/m0/s1. The SMILES string of the molecule is COc1ccc(CN(C(=O)COc2ccccc2)[C@H](C(=O)NC[C@@H]2CCCO2)c2ccccc2)cc1. The third-order valence-corrected chi connectivity index (χ3v) is 6.14. The summed E-state index contributed by atoms with van der Waals surface area (Å²) in [5, 5.41) is 3.02. The number of hydrogen-bond donors (Lipinski definition) is 1. The Hall–Kier alpha value is -3.84. The van der Waals surface area contributed by atoms with E-state index in [4.69, 9.17) is 14.2 Å². The number of para-hydroxylation sites is 1. The molecule has 0 saturated carbocycles. The van der Waals surface area contributed by atoms with E-state index in [0.29, 0.717) is 18.9 Å². The lowest BCUT2D eigenvalue weighted by molar-refractivity contribution is -0.143. The number of carbonyl (C=O) groups excluding carboxylic acids is 2. The first-order chi connectivity index (χ1) is 17.6. The van der Waals surface area contributed by atoms with Gasteiger partial charge in [0, 0.05) is 19.7 Å². The van der Waals surface area contributed by atoms with E-state index in [2.05, 4.69) is 5.32 Å². The lowest BCUT2D eigenvalue weighted by Crippen LogP contribution is -2.46. The number of amides is 2. The van der Waals surface area contributed by atoms with Gasteiger partial charge in [-0.2, -0.15) is 0 Å². The van der Waals surface area contributed by atoms with Gasteiger partial charge in [0.15, 0.2) is 6.61 Å². The number of rotatable bonds is 11. The van der Waals surface area contributed by atoms with Crippen LogP contribution in [0.2, 0.25) is 0 Å². The zero-order chi connectivity index (χ0) is 25.2. The second-order valence-electron chi connectivity index (χ2n) is 8.66. The molecule has 0 spiro atoms. The molecule has 2 amide bonds. The second-order valence-corrected chi connectivity index (χ2v) is 8.66. The van der Waals surface area contributed by atoms with E-state index in [9.17, 15) is 9.59 Å². The van der Waals surface area contributed by atoms with E-state index in [1.54, 1.807) is 24.1 Å². The number of benzene rings is 3. The van der Waals surface area contributed by atoms with Gasteiger partial charge in [0.2, 0.25) is 5.91 Å². The van der Waals surface area contributed by atoms with Gasteiger partial charge in [-0.15, -0.1) is 0 Å². The van der Waals surface area contributed by atoms with Gasteiger partial charge in [-0.1, -0.05) is 60.7 Å². The van der Waals surface area contributed by atoms with Crippen LogP contribution in [0, 0.1) is 0 Å². The highest BCUT2D eigenvalue weighted by molar-refractivity contribution is 5.89. The second kappa shape index (κ2) is 12.7. The normalized spacial score (nSPS) is 15.6. The van der Waals surface area contributed by atoms with E-state index in [1.165, 1.54) is 0 Å². The van der Waals surface area contributed by atoms with Gasteiger partial charge in [-0.25, -0.2) is 0 Å². The maximum absolute atomic E-state index is 13.6. The zero-order valence-electron chi connectivity index (χ0n) is 20.5. The molecule has 3 aromatic carbocycles. The van der Waals surface area contributed by atoms with Crippen molar-refractivity contribution < 1.29 is 23.8 Å². The molecule has 1 saturated heterocycles. The molecule has 3 aromatic rings. The lowest BCUT2D eigenvalue weighted by Gasteiger charge is -2.32. The van der Waals surface area contributed by atoms with Crippen molar-refractivity contribution in [2.45, 2.75) is 31.5 Å². The van der Waals surface area contributed by atoms with Gasteiger partial charge in [0.1, 0.15) is 17.5 Å². The van der Waals surface area contributed by atoms with Crippen LogP contribution in [0.4, 0.5) is 0 Å². The Kier molecular flexibility index (Phi) is 8.94. The number of ether oxygens (including phenoxy) is 3. The van der Waals surface area contributed by atoms with Gasteiger partial charge >= 0.3 is 0 Å². The third kappa shape index (κ3) is 6.86. The van der Waals surface area contributed by atoms with E-state index < -0.39 is 6.04 Å². The molecule has 0 bridgehead atoms. The van der Waals surface area contributed by atoms with E-state index in [0.717, 1.165) is 29.7 Å². The highest BCUT2D eigenvalue weighted by Gasteiger charge is 2.32. The third-order valence-electron chi connectivity index (χ3n) is 6.14. The molecule has 1 N–H and O–H groups in total. The van der Waals surface area contributed by atoms with Crippen molar-refractivity contribution in [3.05, 3.63) is 96.1 Å². The van der Waals surface area contributed by atoms with E-state index in [1.807, 2.05) is 72.8 Å². The van der Waals surface area contributed by atoms with Crippen LogP contribution in [-0.4, -0.2) is 49.7 Å². The lowest BCUT2D eigenvalue weighted by atomic mass is 10.0. The Balaban J connectivity index is 1.60. The van der Waals surface area contributed by atoms with Crippen LogP contribution in [0.1, 0.15) is 30.0 Å². The molecular formula is C29H32N2O5. The Labute approximate surface area is 212 Å². The minimum absolute atomic E-state index is 0.00229. The number of nitrogens with zero attached hydrogens (tertiary/aromatic N) is 1. The highest BCUT2D eigenvalue weighted by Crippen LogP contribution is 2.25. The molecule has 1 aliphatic rings. The summed E-state index contributed by atoms with van der Waals surface area (Å²) in [5.41, 5.74) is 1.60. The smallest absolute Gasteiger partial charge is 0.261 e. The fraction of sp³-hybridized carbons (Fsp3) is 0.310.